The minimum atomic E-state index is -0.516. The van der Waals surface area contributed by atoms with Gasteiger partial charge in [-0.2, -0.15) is 5.26 Å². The molecular formula is C15H12N2O3S2. The molecule has 5 nitrogen and oxygen atoms in total. The van der Waals surface area contributed by atoms with E-state index in [1.807, 2.05) is 18.2 Å². The summed E-state index contributed by atoms with van der Waals surface area (Å²) in [4.78, 5) is 24.7. The molecule has 2 aromatic rings. The van der Waals surface area contributed by atoms with Crippen molar-refractivity contribution in [1.29, 1.82) is 5.26 Å². The number of para-hydroxylation sites is 1. The monoisotopic (exact) mass is 332 g/mol. The maximum absolute atomic E-state index is 11.9. The molecule has 22 heavy (non-hydrogen) atoms. The van der Waals surface area contributed by atoms with Crippen molar-refractivity contribution >= 4 is 40.7 Å². The van der Waals surface area contributed by atoms with E-state index in [1.54, 1.807) is 29.6 Å². The first-order valence-electron chi connectivity index (χ1n) is 6.30. The van der Waals surface area contributed by atoms with Gasteiger partial charge in [0.25, 0.3) is 5.91 Å². The van der Waals surface area contributed by atoms with Crippen LogP contribution in [-0.4, -0.2) is 24.2 Å². The Hall–Kier alpha value is -2.30. The second kappa shape index (κ2) is 8.22. The van der Waals surface area contributed by atoms with Crippen LogP contribution in [0.15, 0.2) is 46.7 Å². The standard InChI is InChI=1S/C15H12N2O3S2/c16-7-9-22-12-5-2-1-4-11(12)17-14(18)10-20-15(19)13-6-3-8-21-13/h1-6,8H,9-10H2,(H,17,18). The number of carbonyl (C=O) groups is 2. The number of nitrogens with zero attached hydrogens (tertiary/aromatic N) is 1. The minimum Gasteiger partial charge on any atom is -0.451 e. The first-order chi connectivity index (χ1) is 10.7. The summed E-state index contributed by atoms with van der Waals surface area (Å²) < 4.78 is 4.94. The molecule has 1 aromatic heterocycles. The van der Waals surface area contributed by atoms with Crippen molar-refractivity contribution < 1.29 is 14.3 Å². The largest absolute Gasteiger partial charge is 0.451 e. The van der Waals surface area contributed by atoms with Gasteiger partial charge in [0, 0.05) is 4.90 Å². The summed E-state index contributed by atoms with van der Waals surface area (Å²) in [7, 11) is 0. The smallest absolute Gasteiger partial charge is 0.348 e. The number of esters is 1. The van der Waals surface area contributed by atoms with Crippen LogP contribution in [0.5, 0.6) is 0 Å². The molecule has 1 aromatic carbocycles. The maximum atomic E-state index is 11.9. The number of ether oxygens (including phenoxy) is 1. The SMILES string of the molecule is N#CCSc1ccccc1NC(=O)COC(=O)c1cccs1. The molecule has 0 saturated heterocycles. The normalized spacial score (nSPS) is 9.77. The Morgan fingerprint density at radius 2 is 2.09 bits per heavy atom. The summed E-state index contributed by atoms with van der Waals surface area (Å²) in [6, 6.07) is 12.6. The first kappa shape index (κ1) is 16.1. The molecular weight excluding hydrogens is 320 g/mol. The predicted molar refractivity (Wildman–Crippen MR) is 86.0 cm³/mol. The topological polar surface area (TPSA) is 79.2 Å². The van der Waals surface area contributed by atoms with Crippen LogP contribution in [0.4, 0.5) is 5.69 Å². The fraction of sp³-hybridized carbons (Fsp3) is 0.133. The molecule has 1 heterocycles. The highest BCUT2D eigenvalue weighted by molar-refractivity contribution is 7.99. The minimum absolute atomic E-state index is 0.292. The van der Waals surface area contributed by atoms with Gasteiger partial charge in [-0.05, 0) is 23.6 Å². The zero-order valence-electron chi connectivity index (χ0n) is 11.4. The molecule has 0 aliphatic heterocycles. The lowest BCUT2D eigenvalue weighted by Crippen LogP contribution is -2.20. The van der Waals surface area contributed by atoms with Crippen LogP contribution in [0.25, 0.3) is 0 Å². The Morgan fingerprint density at radius 3 is 2.82 bits per heavy atom. The number of nitrogens with one attached hydrogen (secondary N) is 1. The number of rotatable bonds is 6. The van der Waals surface area contributed by atoms with Gasteiger partial charge in [-0.25, -0.2) is 4.79 Å². The Kier molecular flexibility index (Phi) is 6.01. The fourth-order valence-corrected chi connectivity index (χ4v) is 2.87. The number of anilines is 1. The molecule has 0 aliphatic carbocycles. The van der Waals surface area contributed by atoms with Crippen LogP contribution in [0.3, 0.4) is 0 Å². The van der Waals surface area contributed by atoms with E-state index in [9.17, 15) is 9.59 Å². The summed E-state index contributed by atoms with van der Waals surface area (Å²) in [5.41, 5.74) is 0.597. The van der Waals surface area contributed by atoms with Gasteiger partial charge in [0.2, 0.25) is 0 Å². The van der Waals surface area contributed by atoms with E-state index in [0.717, 1.165) is 4.90 Å². The zero-order chi connectivity index (χ0) is 15.8. The molecule has 0 atom stereocenters. The molecule has 7 heteroatoms. The van der Waals surface area contributed by atoms with E-state index in [0.29, 0.717) is 16.3 Å². The molecule has 1 amide bonds. The second-order valence-corrected chi connectivity index (χ2v) is 6.01. The molecule has 1 N–H and O–H groups in total. The Bertz CT molecular complexity index is 693. The van der Waals surface area contributed by atoms with Crippen molar-refractivity contribution in [3.8, 4) is 6.07 Å². The van der Waals surface area contributed by atoms with Crippen LogP contribution in [0.1, 0.15) is 9.67 Å². The summed E-state index contributed by atoms with van der Waals surface area (Å²) in [6.07, 6.45) is 0. The fourth-order valence-electron chi connectivity index (χ4n) is 1.59. The third kappa shape index (κ3) is 4.62. The zero-order valence-corrected chi connectivity index (χ0v) is 13.1. The Balaban J connectivity index is 1.89. The van der Waals surface area contributed by atoms with Crippen molar-refractivity contribution in [2.24, 2.45) is 0 Å². The van der Waals surface area contributed by atoms with E-state index in [-0.39, 0.29) is 6.61 Å². The van der Waals surface area contributed by atoms with Crippen molar-refractivity contribution in [2.75, 3.05) is 17.7 Å². The third-order valence-corrected chi connectivity index (χ3v) is 4.30. The second-order valence-electron chi connectivity index (χ2n) is 4.04. The van der Waals surface area contributed by atoms with E-state index in [4.69, 9.17) is 10.00 Å². The van der Waals surface area contributed by atoms with Crippen LogP contribution in [0, 0.1) is 11.3 Å². The van der Waals surface area contributed by atoms with Gasteiger partial charge in [0.05, 0.1) is 17.5 Å². The summed E-state index contributed by atoms with van der Waals surface area (Å²) >= 11 is 2.59. The number of hydrogen-bond donors (Lipinski definition) is 1. The van der Waals surface area contributed by atoms with Gasteiger partial charge < -0.3 is 10.1 Å². The molecule has 0 saturated carbocycles. The van der Waals surface area contributed by atoms with E-state index < -0.39 is 11.9 Å². The van der Waals surface area contributed by atoms with Crippen LogP contribution in [-0.2, 0) is 9.53 Å². The van der Waals surface area contributed by atoms with Gasteiger partial charge in [-0.3, -0.25) is 4.79 Å². The van der Waals surface area contributed by atoms with E-state index in [1.165, 1.54) is 23.1 Å². The Labute approximate surface area is 135 Å². The highest BCUT2D eigenvalue weighted by atomic mass is 32.2. The number of nitriles is 1. The summed E-state index contributed by atoms with van der Waals surface area (Å²) in [5, 5.41) is 13.1. The van der Waals surface area contributed by atoms with Gasteiger partial charge in [-0.1, -0.05) is 18.2 Å². The molecule has 0 radical (unpaired) electrons. The Morgan fingerprint density at radius 1 is 1.27 bits per heavy atom. The number of amides is 1. The predicted octanol–water partition coefficient (Wildman–Crippen LogP) is 3.16. The molecule has 0 fully saturated rings. The number of thioether (sulfide) groups is 1. The van der Waals surface area contributed by atoms with Gasteiger partial charge >= 0.3 is 5.97 Å². The number of carbonyl (C=O) groups excluding carboxylic acids is 2. The van der Waals surface area contributed by atoms with Gasteiger partial charge in [0.15, 0.2) is 6.61 Å². The highest BCUT2D eigenvalue weighted by Crippen LogP contribution is 2.26. The molecule has 112 valence electrons. The molecule has 0 unspecified atom stereocenters. The van der Waals surface area contributed by atoms with Crippen molar-refractivity contribution in [3.63, 3.8) is 0 Å². The molecule has 0 bridgehead atoms. The lowest BCUT2D eigenvalue weighted by atomic mass is 10.3. The quantitative estimate of drug-likeness (QED) is 0.649. The van der Waals surface area contributed by atoms with Crippen molar-refractivity contribution in [1.82, 2.24) is 0 Å². The lowest BCUT2D eigenvalue weighted by Gasteiger charge is -2.09. The molecule has 0 spiro atoms. The number of thiophene rings is 1. The van der Waals surface area contributed by atoms with Gasteiger partial charge in [-0.15, -0.1) is 23.1 Å². The summed E-state index contributed by atoms with van der Waals surface area (Å²) in [6.45, 7) is -0.353. The summed E-state index contributed by atoms with van der Waals surface area (Å²) in [5.74, 6) is -0.646. The molecule has 2 rings (SSSR count). The molecule has 0 aliphatic rings. The maximum Gasteiger partial charge on any atom is 0.348 e. The average molecular weight is 332 g/mol. The van der Waals surface area contributed by atoms with Crippen LogP contribution in [0.2, 0.25) is 0 Å². The first-order valence-corrected chi connectivity index (χ1v) is 8.16. The number of benzene rings is 1. The number of hydrogen-bond acceptors (Lipinski definition) is 6. The van der Waals surface area contributed by atoms with Gasteiger partial charge in [0.1, 0.15) is 4.88 Å². The third-order valence-electron chi connectivity index (χ3n) is 2.51. The van der Waals surface area contributed by atoms with Crippen LogP contribution >= 0.6 is 23.1 Å². The van der Waals surface area contributed by atoms with E-state index in [2.05, 4.69) is 5.32 Å². The average Bonchev–Trinajstić information content (AvgIpc) is 3.06. The lowest BCUT2D eigenvalue weighted by molar-refractivity contribution is -0.119. The highest BCUT2D eigenvalue weighted by Gasteiger charge is 2.12. The van der Waals surface area contributed by atoms with Crippen LogP contribution < -0.4 is 5.32 Å². The van der Waals surface area contributed by atoms with Crippen molar-refractivity contribution in [3.05, 3.63) is 46.7 Å². The van der Waals surface area contributed by atoms with Crippen molar-refractivity contribution in [2.45, 2.75) is 4.90 Å². The van der Waals surface area contributed by atoms with E-state index >= 15 is 0 Å².